The first-order chi connectivity index (χ1) is 10.9. The van der Waals surface area contributed by atoms with E-state index in [2.05, 4.69) is 10.3 Å². The molecule has 0 saturated carbocycles. The molecule has 1 aromatic heterocycles. The van der Waals surface area contributed by atoms with Crippen molar-refractivity contribution in [2.45, 2.75) is 32.2 Å². The smallest absolute Gasteiger partial charge is 0.305 e. The number of nitrogens with zero attached hydrogens (tertiary/aromatic N) is 1. The Morgan fingerprint density at radius 1 is 1.30 bits per heavy atom. The highest BCUT2D eigenvalue weighted by Gasteiger charge is 2.20. The standard InChI is InChI=1S/C16H17ClN2O3S/c1-9(2)16-18-8-13(23-16)15(22)19-12(7-14(20)21)10-3-5-11(17)6-4-10/h3-6,8-9,12H,7H2,1-2H3,(H,19,22)(H,20,21)/t12-/m0/s1. The van der Waals surface area contributed by atoms with Crippen molar-refractivity contribution in [3.63, 3.8) is 0 Å². The molecule has 2 aromatic rings. The Balaban J connectivity index is 2.17. The van der Waals surface area contributed by atoms with E-state index in [1.54, 1.807) is 24.3 Å². The number of carboxylic acid groups (broad SMARTS) is 1. The van der Waals surface area contributed by atoms with Gasteiger partial charge in [0.05, 0.1) is 23.7 Å². The van der Waals surface area contributed by atoms with Gasteiger partial charge in [-0.2, -0.15) is 0 Å². The van der Waals surface area contributed by atoms with Crippen molar-refractivity contribution in [1.82, 2.24) is 10.3 Å². The fraction of sp³-hybridized carbons (Fsp3) is 0.312. The van der Waals surface area contributed by atoms with Gasteiger partial charge in [0.15, 0.2) is 0 Å². The average molecular weight is 353 g/mol. The summed E-state index contributed by atoms with van der Waals surface area (Å²) in [6.07, 6.45) is 1.32. The summed E-state index contributed by atoms with van der Waals surface area (Å²) < 4.78 is 0. The molecule has 122 valence electrons. The van der Waals surface area contributed by atoms with E-state index in [1.165, 1.54) is 17.5 Å². The SMILES string of the molecule is CC(C)c1ncc(C(=O)N[C@@H](CC(=O)O)c2ccc(Cl)cc2)s1. The van der Waals surface area contributed by atoms with Gasteiger partial charge in [-0.1, -0.05) is 37.6 Å². The molecule has 0 aliphatic carbocycles. The Morgan fingerprint density at radius 2 is 1.96 bits per heavy atom. The molecule has 23 heavy (non-hydrogen) atoms. The van der Waals surface area contributed by atoms with Crippen LogP contribution in [0.15, 0.2) is 30.5 Å². The van der Waals surface area contributed by atoms with E-state index >= 15 is 0 Å². The van der Waals surface area contributed by atoms with Gasteiger partial charge in [0, 0.05) is 10.9 Å². The number of thiazole rings is 1. The highest BCUT2D eigenvalue weighted by molar-refractivity contribution is 7.13. The lowest BCUT2D eigenvalue weighted by Gasteiger charge is -2.17. The van der Waals surface area contributed by atoms with Crippen LogP contribution < -0.4 is 5.32 Å². The number of nitrogens with one attached hydrogen (secondary N) is 1. The summed E-state index contributed by atoms with van der Waals surface area (Å²) >= 11 is 7.16. The number of benzene rings is 1. The summed E-state index contributed by atoms with van der Waals surface area (Å²) in [4.78, 5) is 28.1. The highest BCUT2D eigenvalue weighted by Crippen LogP contribution is 2.23. The summed E-state index contributed by atoms with van der Waals surface area (Å²) in [5.41, 5.74) is 0.693. The zero-order valence-electron chi connectivity index (χ0n) is 12.7. The second-order valence-electron chi connectivity index (χ2n) is 5.39. The quantitative estimate of drug-likeness (QED) is 0.827. The molecule has 0 aliphatic heterocycles. The van der Waals surface area contributed by atoms with Crippen molar-refractivity contribution in [1.29, 1.82) is 0 Å². The first-order valence-corrected chi connectivity index (χ1v) is 8.30. The molecule has 0 aliphatic rings. The van der Waals surface area contributed by atoms with Crippen LogP contribution >= 0.6 is 22.9 Å². The third-order valence-electron chi connectivity index (χ3n) is 3.20. The number of amides is 1. The number of rotatable bonds is 6. The number of carbonyl (C=O) groups is 2. The molecule has 1 atom stereocenters. The Kier molecular flexibility index (Phi) is 5.74. The zero-order valence-corrected chi connectivity index (χ0v) is 14.3. The van der Waals surface area contributed by atoms with E-state index in [4.69, 9.17) is 16.7 Å². The number of hydrogen-bond acceptors (Lipinski definition) is 4. The van der Waals surface area contributed by atoms with Gasteiger partial charge in [0.25, 0.3) is 5.91 Å². The summed E-state index contributed by atoms with van der Waals surface area (Å²) in [5, 5.41) is 13.3. The van der Waals surface area contributed by atoms with Crippen LogP contribution in [-0.4, -0.2) is 22.0 Å². The van der Waals surface area contributed by atoms with Crippen molar-refractivity contribution in [3.05, 3.63) is 50.9 Å². The lowest BCUT2D eigenvalue weighted by molar-refractivity contribution is -0.137. The molecule has 2 rings (SSSR count). The molecule has 1 heterocycles. The predicted molar refractivity (Wildman–Crippen MR) is 90.1 cm³/mol. The van der Waals surface area contributed by atoms with Gasteiger partial charge in [-0.25, -0.2) is 4.98 Å². The Labute approximate surface area is 143 Å². The van der Waals surface area contributed by atoms with Crippen molar-refractivity contribution in [2.24, 2.45) is 0 Å². The molecule has 2 N–H and O–H groups in total. The van der Waals surface area contributed by atoms with Crippen LogP contribution in [0.25, 0.3) is 0 Å². The molecule has 0 unspecified atom stereocenters. The van der Waals surface area contributed by atoms with E-state index in [0.29, 0.717) is 15.5 Å². The molecule has 0 fully saturated rings. The lowest BCUT2D eigenvalue weighted by atomic mass is 10.0. The van der Waals surface area contributed by atoms with E-state index < -0.39 is 12.0 Å². The summed E-state index contributed by atoms with van der Waals surface area (Å²) in [7, 11) is 0. The van der Waals surface area contributed by atoms with Crippen LogP contribution in [0.1, 0.15) is 52.5 Å². The fourth-order valence-corrected chi connectivity index (χ4v) is 2.96. The molecular formula is C16H17ClN2O3S. The van der Waals surface area contributed by atoms with E-state index in [9.17, 15) is 9.59 Å². The van der Waals surface area contributed by atoms with Gasteiger partial charge < -0.3 is 10.4 Å². The number of halogens is 1. The van der Waals surface area contributed by atoms with Crippen LogP contribution in [0, 0.1) is 0 Å². The number of aromatic nitrogens is 1. The van der Waals surface area contributed by atoms with Crippen molar-refractivity contribution >= 4 is 34.8 Å². The van der Waals surface area contributed by atoms with Crippen LogP contribution in [0.4, 0.5) is 0 Å². The van der Waals surface area contributed by atoms with Crippen LogP contribution in [0.2, 0.25) is 5.02 Å². The van der Waals surface area contributed by atoms with E-state index in [1.807, 2.05) is 13.8 Å². The first kappa shape index (κ1) is 17.4. The maximum Gasteiger partial charge on any atom is 0.305 e. The van der Waals surface area contributed by atoms with Gasteiger partial charge in [-0.05, 0) is 17.7 Å². The maximum atomic E-state index is 12.4. The van der Waals surface area contributed by atoms with Crippen LogP contribution in [0.5, 0.6) is 0 Å². The Hall–Kier alpha value is -1.92. The second-order valence-corrected chi connectivity index (χ2v) is 6.89. The van der Waals surface area contributed by atoms with Gasteiger partial charge in [0.1, 0.15) is 4.88 Å². The molecule has 7 heteroatoms. The third kappa shape index (κ3) is 4.77. The number of carboxylic acids is 1. The summed E-state index contributed by atoms with van der Waals surface area (Å²) in [5.74, 6) is -1.07. The molecule has 1 amide bonds. The molecule has 0 spiro atoms. The number of aliphatic carboxylic acids is 1. The van der Waals surface area contributed by atoms with Crippen molar-refractivity contribution in [2.75, 3.05) is 0 Å². The van der Waals surface area contributed by atoms with Crippen molar-refractivity contribution < 1.29 is 14.7 Å². The first-order valence-electron chi connectivity index (χ1n) is 7.10. The van der Waals surface area contributed by atoms with Crippen molar-refractivity contribution in [3.8, 4) is 0 Å². The summed E-state index contributed by atoms with van der Waals surface area (Å²) in [6, 6.07) is 6.13. The number of carbonyl (C=O) groups excluding carboxylic acids is 1. The lowest BCUT2D eigenvalue weighted by Crippen LogP contribution is -2.29. The van der Waals surface area contributed by atoms with E-state index in [-0.39, 0.29) is 18.2 Å². The predicted octanol–water partition coefficient (Wildman–Crippen LogP) is 3.87. The fourth-order valence-electron chi connectivity index (χ4n) is 2.01. The van der Waals surface area contributed by atoms with E-state index in [0.717, 1.165) is 5.01 Å². The largest absolute Gasteiger partial charge is 0.481 e. The maximum absolute atomic E-state index is 12.4. The second kappa shape index (κ2) is 7.57. The molecule has 0 bridgehead atoms. The zero-order chi connectivity index (χ0) is 17.0. The van der Waals surface area contributed by atoms with Gasteiger partial charge >= 0.3 is 5.97 Å². The Bertz CT molecular complexity index is 698. The molecule has 0 radical (unpaired) electrons. The van der Waals surface area contributed by atoms with Gasteiger partial charge in [-0.15, -0.1) is 11.3 Å². The highest BCUT2D eigenvalue weighted by atomic mass is 35.5. The Morgan fingerprint density at radius 3 is 2.48 bits per heavy atom. The molecule has 1 aromatic carbocycles. The molecule has 5 nitrogen and oxygen atoms in total. The minimum absolute atomic E-state index is 0.205. The normalized spacial score (nSPS) is 12.2. The topological polar surface area (TPSA) is 79.3 Å². The average Bonchev–Trinajstić information content (AvgIpc) is 2.97. The number of hydrogen-bond donors (Lipinski definition) is 2. The summed E-state index contributed by atoms with van der Waals surface area (Å²) in [6.45, 7) is 4.00. The third-order valence-corrected chi connectivity index (χ3v) is 4.75. The van der Waals surface area contributed by atoms with Crippen LogP contribution in [-0.2, 0) is 4.79 Å². The van der Waals surface area contributed by atoms with Crippen LogP contribution in [0.3, 0.4) is 0 Å². The minimum Gasteiger partial charge on any atom is -0.481 e. The van der Waals surface area contributed by atoms with Gasteiger partial charge in [0.2, 0.25) is 0 Å². The monoisotopic (exact) mass is 352 g/mol. The molecule has 0 saturated heterocycles. The van der Waals surface area contributed by atoms with Gasteiger partial charge in [-0.3, -0.25) is 9.59 Å². The molecular weight excluding hydrogens is 336 g/mol. The minimum atomic E-state index is -0.988.